The number of benzene rings is 1. The molecule has 0 spiro atoms. The second-order valence-corrected chi connectivity index (χ2v) is 3.22. The molecular formula is C11H14O5. The van der Waals surface area contributed by atoms with Gasteiger partial charge >= 0.3 is 5.97 Å². The van der Waals surface area contributed by atoms with E-state index >= 15 is 0 Å². The van der Waals surface area contributed by atoms with E-state index in [1.54, 1.807) is 18.2 Å². The Hall–Kier alpha value is -1.59. The first-order valence-corrected chi connectivity index (χ1v) is 4.77. The molecule has 1 unspecified atom stereocenters. The van der Waals surface area contributed by atoms with Crippen molar-refractivity contribution in [1.82, 2.24) is 0 Å². The van der Waals surface area contributed by atoms with Crippen molar-refractivity contribution in [3.05, 3.63) is 29.8 Å². The lowest BCUT2D eigenvalue weighted by Gasteiger charge is -2.12. The average Bonchev–Trinajstić information content (AvgIpc) is 2.27. The monoisotopic (exact) mass is 226 g/mol. The van der Waals surface area contributed by atoms with E-state index in [0.29, 0.717) is 0 Å². The Labute approximate surface area is 93.2 Å². The van der Waals surface area contributed by atoms with E-state index in [-0.39, 0.29) is 24.5 Å². The van der Waals surface area contributed by atoms with Crippen molar-refractivity contribution in [3.8, 4) is 5.75 Å². The van der Waals surface area contributed by atoms with Crippen molar-refractivity contribution in [2.45, 2.75) is 6.10 Å². The number of rotatable bonds is 6. The summed E-state index contributed by atoms with van der Waals surface area (Å²) in [4.78, 5) is 10.8. The number of carboxylic acids is 1. The number of aliphatic hydroxyl groups excluding tert-OH is 1. The predicted octanol–water partition coefficient (Wildman–Crippen LogP) is 0.771. The summed E-state index contributed by atoms with van der Waals surface area (Å²) in [6.07, 6.45) is -0.771. The lowest BCUT2D eigenvalue weighted by Crippen LogP contribution is -2.23. The van der Waals surface area contributed by atoms with Crippen molar-refractivity contribution < 1.29 is 24.5 Å². The molecule has 0 heterocycles. The van der Waals surface area contributed by atoms with E-state index in [1.807, 2.05) is 0 Å². The van der Waals surface area contributed by atoms with Gasteiger partial charge in [-0.05, 0) is 12.1 Å². The molecule has 16 heavy (non-hydrogen) atoms. The maximum atomic E-state index is 10.8. The van der Waals surface area contributed by atoms with Crippen LogP contribution in [0.1, 0.15) is 10.4 Å². The molecule has 0 fully saturated rings. The summed E-state index contributed by atoms with van der Waals surface area (Å²) in [5, 5.41) is 18.2. The maximum Gasteiger partial charge on any atom is 0.339 e. The van der Waals surface area contributed by atoms with Gasteiger partial charge in [-0.2, -0.15) is 0 Å². The second kappa shape index (κ2) is 6.09. The fourth-order valence-corrected chi connectivity index (χ4v) is 1.20. The molecule has 1 atom stereocenters. The fourth-order valence-electron chi connectivity index (χ4n) is 1.20. The van der Waals surface area contributed by atoms with Crippen LogP contribution in [0.4, 0.5) is 0 Å². The second-order valence-electron chi connectivity index (χ2n) is 3.22. The first-order chi connectivity index (χ1) is 7.65. The fraction of sp³-hybridized carbons (Fsp3) is 0.364. The highest BCUT2D eigenvalue weighted by atomic mass is 16.5. The molecule has 1 rings (SSSR count). The summed E-state index contributed by atoms with van der Waals surface area (Å²) >= 11 is 0. The molecule has 0 aliphatic rings. The third-order valence-corrected chi connectivity index (χ3v) is 1.91. The van der Waals surface area contributed by atoms with Crippen molar-refractivity contribution in [1.29, 1.82) is 0 Å². The van der Waals surface area contributed by atoms with Crippen molar-refractivity contribution in [2.24, 2.45) is 0 Å². The zero-order valence-electron chi connectivity index (χ0n) is 8.92. The number of para-hydroxylation sites is 1. The normalized spacial score (nSPS) is 12.1. The summed E-state index contributed by atoms with van der Waals surface area (Å²) in [6, 6.07) is 6.27. The molecule has 0 saturated carbocycles. The minimum absolute atomic E-state index is 0.00185. The number of hydrogen-bond acceptors (Lipinski definition) is 4. The van der Waals surface area contributed by atoms with Gasteiger partial charge in [0.2, 0.25) is 0 Å². The Morgan fingerprint density at radius 1 is 1.38 bits per heavy atom. The van der Waals surface area contributed by atoms with Crippen molar-refractivity contribution in [2.75, 3.05) is 20.3 Å². The number of hydrogen-bond donors (Lipinski definition) is 2. The molecule has 0 saturated heterocycles. The van der Waals surface area contributed by atoms with Gasteiger partial charge in [0.1, 0.15) is 24.0 Å². The predicted molar refractivity (Wildman–Crippen MR) is 56.8 cm³/mol. The smallest absolute Gasteiger partial charge is 0.339 e. The molecule has 1 aromatic carbocycles. The number of carboxylic acid groups (broad SMARTS) is 1. The molecule has 0 aliphatic carbocycles. The van der Waals surface area contributed by atoms with Gasteiger partial charge < -0.3 is 19.7 Å². The molecule has 0 aromatic heterocycles. The van der Waals surface area contributed by atoms with Crippen LogP contribution in [0.3, 0.4) is 0 Å². The molecule has 1 aromatic rings. The van der Waals surface area contributed by atoms with Crippen LogP contribution >= 0.6 is 0 Å². The lowest BCUT2D eigenvalue weighted by atomic mass is 10.2. The first kappa shape index (κ1) is 12.5. The Morgan fingerprint density at radius 3 is 2.69 bits per heavy atom. The number of carbonyl (C=O) groups is 1. The highest BCUT2D eigenvalue weighted by molar-refractivity contribution is 5.90. The van der Waals surface area contributed by atoms with Crippen LogP contribution in [0.5, 0.6) is 5.75 Å². The van der Waals surface area contributed by atoms with E-state index in [4.69, 9.17) is 14.6 Å². The average molecular weight is 226 g/mol. The van der Waals surface area contributed by atoms with Crippen LogP contribution < -0.4 is 4.74 Å². The van der Waals surface area contributed by atoms with Crippen molar-refractivity contribution in [3.63, 3.8) is 0 Å². The Kier molecular flexibility index (Phi) is 4.75. The summed E-state index contributed by atoms with van der Waals surface area (Å²) in [5.74, 6) is -0.818. The highest BCUT2D eigenvalue weighted by Gasteiger charge is 2.11. The van der Waals surface area contributed by atoms with Crippen LogP contribution in [-0.2, 0) is 4.74 Å². The molecule has 0 amide bonds. The van der Waals surface area contributed by atoms with Gasteiger partial charge in [-0.15, -0.1) is 0 Å². The largest absolute Gasteiger partial charge is 0.490 e. The van der Waals surface area contributed by atoms with Gasteiger partial charge in [0.15, 0.2) is 0 Å². The first-order valence-electron chi connectivity index (χ1n) is 4.77. The quantitative estimate of drug-likeness (QED) is 0.749. The molecule has 2 N–H and O–H groups in total. The summed E-state index contributed by atoms with van der Waals surface area (Å²) in [5.41, 5.74) is 0.0760. The zero-order chi connectivity index (χ0) is 12.0. The molecule has 5 heteroatoms. The molecular weight excluding hydrogens is 212 g/mol. The van der Waals surface area contributed by atoms with Gasteiger partial charge in [0, 0.05) is 7.11 Å². The molecule has 0 aliphatic heterocycles. The standard InChI is InChI=1S/C11H14O5/c1-15-6-8(12)7-16-10-5-3-2-4-9(10)11(13)14/h2-5,8,12H,6-7H2,1H3,(H,13,14). The summed E-state index contributed by atoms with van der Waals surface area (Å²) in [7, 11) is 1.47. The van der Waals surface area contributed by atoms with Crippen LogP contribution in [0, 0.1) is 0 Å². The summed E-state index contributed by atoms with van der Waals surface area (Å²) in [6.45, 7) is 0.146. The SMILES string of the molecule is COCC(O)COc1ccccc1C(=O)O. The number of aromatic carboxylic acids is 1. The van der Waals surface area contributed by atoms with Gasteiger partial charge in [-0.3, -0.25) is 0 Å². The topological polar surface area (TPSA) is 76.0 Å². The van der Waals surface area contributed by atoms with Gasteiger partial charge in [0.25, 0.3) is 0 Å². The van der Waals surface area contributed by atoms with Gasteiger partial charge in [0.05, 0.1) is 6.61 Å². The van der Waals surface area contributed by atoms with Gasteiger partial charge in [-0.1, -0.05) is 12.1 Å². The summed E-state index contributed by atoms with van der Waals surface area (Å²) < 4.78 is 9.93. The van der Waals surface area contributed by atoms with E-state index in [9.17, 15) is 9.90 Å². The van der Waals surface area contributed by atoms with E-state index in [2.05, 4.69) is 0 Å². The Bertz CT molecular complexity index is 350. The van der Waals surface area contributed by atoms with E-state index in [0.717, 1.165) is 0 Å². The molecule has 0 radical (unpaired) electrons. The minimum Gasteiger partial charge on any atom is -0.490 e. The maximum absolute atomic E-state index is 10.8. The number of methoxy groups -OCH3 is 1. The Morgan fingerprint density at radius 2 is 2.06 bits per heavy atom. The minimum atomic E-state index is -1.06. The van der Waals surface area contributed by atoms with Crippen molar-refractivity contribution >= 4 is 5.97 Å². The molecule has 5 nitrogen and oxygen atoms in total. The number of ether oxygens (including phenoxy) is 2. The van der Waals surface area contributed by atoms with E-state index in [1.165, 1.54) is 13.2 Å². The third-order valence-electron chi connectivity index (χ3n) is 1.91. The van der Waals surface area contributed by atoms with Crippen LogP contribution in [0.15, 0.2) is 24.3 Å². The van der Waals surface area contributed by atoms with Gasteiger partial charge in [-0.25, -0.2) is 4.79 Å². The molecule has 88 valence electrons. The molecule has 0 bridgehead atoms. The van der Waals surface area contributed by atoms with Crippen LogP contribution in [0.2, 0.25) is 0 Å². The zero-order valence-corrected chi connectivity index (χ0v) is 8.92. The van der Waals surface area contributed by atoms with Crippen LogP contribution in [0.25, 0.3) is 0 Å². The lowest BCUT2D eigenvalue weighted by molar-refractivity contribution is 0.0319. The number of aliphatic hydroxyl groups is 1. The highest BCUT2D eigenvalue weighted by Crippen LogP contribution is 2.17. The van der Waals surface area contributed by atoms with Crippen LogP contribution in [-0.4, -0.2) is 42.6 Å². The van der Waals surface area contributed by atoms with E-state index < -0.39 is 12.1 Å². The third kappa shape index (κ3) is 3.52. The Balaban J connectivity index is 2.63.